The Labute approximate surface area is 83.3 Å². The zero-order valence-electron chi connectivity index (χ0n) is 8.31. The van der Waals surface area contributed by atoms with Crippen LogP contribution in [0.1, 0.15) is 13.3 Å². The molecule has 1 heterocycles. The summed E-state index contributed by atoms with van der Waals surface area (Å²) in [5, 5.41) is 2.75. The number of nitrogens with one attached hydrogen (secondary N) is 1. The molecular formula is C9H16N4O. The molecule has 0 radical (unpaired) electrons. The molecular weight excluding hydrogens is 180 g/mol. The maximum absolute atomic E-state index is 11.0. The minimum Gasteiger partial charge on any atom is -0.355 e. The Balaban J connectivity index is 2.08. The molecule has 0 aromatic carbocycles. The van der Waals surface area contributed by atoms with Crippen LogP contribution in [-0.2, 0) is 11.3 Å². The minimum absolute atomic E-state index is 0.101. The van der Waals surface area contributed by atoms with E-state index in [2.05, 4.69) is 10.3 Å². The summed E-state index contributed by atoms with van der Waals surface area (Å²) in [6.07, 6.45) is 6.27. The van der Waals surface area contributed by atoms with Crippen LogP contribution in [0.4, 0.5) is 0 Å². The minimum atomic E-state index is -0.428. The molecule has 0 aliphatic carbocycles. The molecule has 14 heavy (non-hydrogen) atoms. The lowest BCUT2D eigenvalue weighted by Crippen LogP contribution is -2.38. The number of imidazole rings is 1. The summed E-state index contributed by atoms with van der Waals surface area (Å²) in [4.78, 5) is 15.0. The summed E-state index contributed by atoms with van der Waals surface area (Å²) in [6.45, 7) is 3.18. The molecule has 5 heteroatoms. The Morgan fingerprint density at radius 2 is 2.50 bits per heavy atom. The molecule has 0 fully saturated rings. The molecule has 0 spiro atoms. The highest BCUT2D eigenvalue weighted by molar-refractivity contribution is 5.80. The van der Waals surface area contributed by atoms with Crippen molar-refractivity contribution in [2.75, 3.05) is 6.54 Å². The first-order chi connectivity index (χ1) is 6.70. The predicted octanol–water partition coefficient (Wildman–Crippen LogP) is -0.263. The maximum Gasteiger partial charge on any atom is 0.236 e. The first-order valence-electron chi connectivity index (χ1n) is 4.69. The number of rotatable bonds is 5. The van der Waals surface area contributed by atoms with Gasteiger partial charge in [0.2, 0.25) is 5.91 Å². The van der Waals surface area contributed by atoms with E-state index in [4.69, 9.17) is 5.73 Å². The number of carbonyl (C=O) groups is 1. The average molecular weight is 196 g/mol. The van der Waals surface area contributed by atoms with Crippen LogP contribution < -0.4 is 11.1 Å². The van der Waals surface area contributed by atoms with Crippen molar-refractivity contribution in [3.8, 4) is 0 Å². The molecule has 1 rings (SSSR count). The highest BCUT2D eigenvalue weighted by atomic mass is 16.2. The Bertz CT molecular complexity index is 268. The second-order valence-electron chi connectivity index (χ2n) is 3.23. The molecule has 5 nitrogen and oxygen atoms in total. The SMILES string of the molecule is CC(N)C(=O)NCCCn1ccnc1. The number of aromatic nitrogens is 2. The van der Waals surface area contributed by atoms with E-state index in [1.807, 2.05) is 10.8 Å². The number of amides is 1. The monoisotopic (exact) mass is 196 g/mol. The van der Waals surface area contributed by atoms with Gasteiger partial charge >= 0.3 is 0 Å². The van der Waals surface area contributed by atoms with Crippen LogP contribution >= 0.6 is 0 Å². The van der Waals surface area contributed by atoms with Crippen molar-refractivity contribution in [3.63, 3.8) is 0 Å². The van der Waals surface area contributed by atoms with Crippen molar-refractivity contribution >= 4 is 5.91 Å². The van der Waals surface area contributed by atoms with Gasteiger partial charge in [0, 0.05) is 25.5 Å². The van der Waals surface area contributed by atoms with Gasteiger partial charge in [0.15, 0.2) is 0 Å². The molecule has 1 aromatic heterocycles. The number of nitrogens with zero attached hydrogens (tertiary/aromatic N) is 2. The highest BCUT2D eigenvalue weighted by Gasteiger charge is 2.04. The maximum atomic E-state index is 11.0. The molecule has 3 N–H and O–H groups in total. The Hall–Kier alpha value is -1.36. The summed E-state index contributed by atoms with van der Waals surface area (Å²) in [7, 11) is 0. The number of aryl methyl sites for hydroxylation is 1. The van der Waals surface area contributed by atoms with Crippen molar-refractivity contribution in [1.82, 2.24) is 14.9 Å². The van der Waals surface area contributed by atoms with Crippen molar-refractivity contribution in [2.24, 2.45) is 5.73 Å². The second kappa shape index (κ2) is 5.39. The standard InChI is InChI=1S/C9H16N4O/c1-8(10)9(14)12-3-2-5-13-6-4-11-7-13/h4,6-8H,2-3,5,10H2,1H3,(H,12,14). The first-order valence-corrected chi connectivity index (χ1v) is 4.69. The molecule has 0 aliphatic rings. The second-order valence-corrected chi connectivity index (χ2v) is 3.23. The van der Waals surface area contributed by atoms with E-state index in [1.54, 1.807) is 19.4 Å². The lowest BCUT2D eigenvalue weighted by Gasteiger charge is -2.07. The van der Waals surface area contributed by atoms with Crippen molar-refractivity contribution in [2.45, 2.75) is 25.9 Å². The quantitative estimate of drug-likeness (QED) is 0.637. The molecule has 0 saturated carbocycles. The van der Waals surface area contributed by atoms with E-state index in [0.29, 0.717) is 6.54 Å². The van der Waals surface area contributed by atoms with Gasteiger partial charge in [-0.05, 0) is 13.3 Å². The Morgan fingerprint density at radius 3 is 3.07 bits per heavy atom. The lowest BCUT2D eigenvalue weighted by molar-refractivity contribution is -0.121. The molecule has 78 valence electrons. The van der Waals surface area contributed by atoms with Crippen LogP contribution in [0.25, 0.3) is 0 Å². The summed E-state index contributed by atoms with van der Waals surface area (Å²) in [6, 6.07) is -0.428. The van der Waals surface area contributed by atoms with Gasteiger partial charge in [-0.2, -0.15) is 0 Å². The molecule has 1 amide bonds. The zero-order valence-corrected chi connectivity index (χ0v) is 8.31. The van der Waals surface area contributed by atoms with Crippen LogP contribution in [0.2, 0.25) is 0 Å². The largest absolute Gasteiger partial charge is 0.355 e. The van der Waals surface area contributed by atoms with Crippen LogP contribution in [0.5, 0.6) is 0 Å². The summed E-state index contributed by atoms with van der Waals surface area (Å²) >= 11 is 0. The van der Waals surface area contributed by atoms with Gasteiger partial charge in [-0.15, -0.1) is 0 Å². The number of hydrogen-bond acceptors (Lipinski definition) is 3. The van der Waals surface area contributed by atoms with Crippen molar-refractivity contribution < 1.29 is 4.79 Å². The molecule has 1 atom stereocenters. The van der Waals surface area contributed by atoms with Crippen LogP contribution in [0.3, 0.4) is 0 Å². The first kappa shape index (κ1) is 10.7. The molecule has 0 bridgehead atoms. The highest BCUT2D eigenvalue weighted by Crippen LogP contribution is 1.89. The van der Waals surface area contributed by atoms with Gasteiger partial charge < -0.3 is 15.6 Å². The van der Waals surface area contributed by atoms with Crippen molar-refractivity contribution in [1.29, 1.82) is 0 Å². The topological polar surface area (TPSA) is 72.9 Å². The van der Waals surface area contributed by atoms with E-state index in [1.165, 1.54) is 0 Å². The third-order valence-electron chi connectivity index (χ3n) is 1.87. The molecule has 1 aromatic rings. The summed E-state index contributed by atoms with van der Waals surface area (Å²) in [5.74, 6) is -0.101. The zero-order chi connectivity index (χ0) is 10.4. The summed E-state index contributed by atoms with van der Waals surface area (Å²) in [5.41, 5.74) is 5.39. The predicted molar refractivity (Wildman–Crippen MR) is 53.5 cm³/mol. The van der Waals surface area contributed by atoms with Gasteiger partial charge in [-0.1, -0.05) is 0 Å². The van der Waals surface area contributed by atoms with E-state index in [0.717, 1.165) is 13.0 Å². The third kappa shape index (κ3) is 3.57. The smallest absolute Gasteiger partial charge is 0.236 e. The fraction of sp³-hybridized carbons (Fsp3) is 0.556. The van der Waals surface area contributed by atoms with E-state index in [9.17, 15) is 4.79 Å². The van der Waals surface area contributed by atoms with Crippen LogP contribution in [-0.4, -0.2) is 28.0 Å². The van der Waals surface area contributed by atoms with Gasteiger partial charge in [0.05, 0.1) is 12.4 Å². The fourth-order valence-electron chi connectivity index (χ4n) is 1.05. The Kier molecular flexibility index (Phi) is 4.12. The molecule has 0 saturated heterocycles. The van der Waals surface area contributed by atoms with E-state index < -0.39 is 6.04 Å². The number of carbonyl (C=O) groups excluding carboxylic acids is 1. The average Bonchev–Trinajstić information content (AvgIpc) is 2.64. The lowest BCUT2D eigenvalue weighted by atomic mass is 10.3. The third-order valence-corrected chi connectivity index (χ3v) is 1.87. The number of nitrogens with two attached hydrogens (primary N) is 1. The van der Waals surface area contributed by atoms with Gasteiger partial charge in [-0.25, -0.2) is 4.98 Å². The number of hydrogen-bond donors (Lipinski definition) is 2. The summed E-state index contributed by atoms with van der Waals surface area (Å²) < 4.78 is 1.97. The van der Waals surface area contributed by atoms with E-state index in [-0.39, 0.29) is 5.91 Å². The molecule has 1 unspecified atom stereocenters. The van der Waals surface area contributed by atoms with Crippen molar-refractivity contribution in [3.05, 3.63) is 18.7 Å². The van der Waals surface area contributed by atoms with Crippen LogP contribution in [0, 0.1) is 0 Å². The van der Waals surface area contributed by atoms with Gasteiger partial charge in [0.1, 0.15) is 0 Å². The molecule has 0 aliphatic heterocycles. The van der Waals surface area contributed by atoms with Gasteiger partial charge in [-0.3, -0.25) is 4.79 Å². The fourth-order valence-corrected chi connectivity index (χ4v) is 1.05. The van der Waals surface area contributed by atoms with Gasteiger partial charge in [0.25, 0.3) is 0 Å². The normalized spacial score (nSPS) is 12.4. The van der Waals surface area contributed by atoms with Crippen LogP contribution in [0.15, 0.2) is 18.7 Å². The Morgan fingerprint density at radius 1 is 1.71 bits per heavy atom. The van der Waals surface area contributed by atoms with E-state index >= 15 is 0 Å².